The molecular formula is C28H39N3O5. The Hall–Kier alpha value is -3.29. The topological polar surface area (TPSA) is 101 Å². The molecule has 0 radical (unpaired) electrons. The summed E-state index contributed by atoms with van der Waals surface area (Å²) in [6.45, 7) is 11.4. The van der Waals surface area contributed by atoms with E-state index in [1.807, 2.05) is 52.0 Å². The number of aromatic nitrogens is 1. The van der Waals surface area contributed by atoms with Gasteiger partial charge in [0.1, 0.15) is 11.4 Å². The van der Waals surface area contributed by atoms with Crippen molar-refractivity contribution in [2.24, 2.45) is 5.92 Å². The molecule has 1 aliphatic rings. The minimum Gasteiger partial charge on any atom is -0.491 e. The number of ether oxygens (including phenoxy) is 2. The Morgan fingerprint density at radius 1 is 1.17 bits per heavy atom. The molecule has 3 rings (SSSR count). The second-order valence-electron chi connectivity index (χ2n) is 9.66. The quantitative estimate of drug-likeness (QED) is 0.482. The first-order valence-electron chi connectivity index (χ1n) is 12.9. The highest BCUT2D eigenvalue weighted by Crippen LogP contribution is 2.23. The van der Waals surface area contributed by atoms with Crippen molar-refractivity contribution in [1.82, 2.24) is 15.2 Å². The summed E-state index contributed by atoms with van der Waals surface area (Å²) in [6.07, 6.45) is 2.57. The van der Waals surface area contributed by atoms with E-state index in [-0.39, 0.29) is 29.8 Å². The van der Waals surface area contributed by atoms with Crippen molar-refractivity contribution in [2.75, 3.05) is 19.7 Å². The lowest BCUT2D eigenvalue weighted by atomic mass is 9.96. The number of rotatable bonds is 10. The van der Waals surface area contributed by atoms with E-state index in [2.05, 4.69) is 10.3 Å². The molecule has 1 aromatic carbocycles. The number of H-pyrrole nitrogens is 1. The molecule has 1 aliphatic heterocycles. The number of aryl methyl sites for hydroxylation is 1. The van der Waals surface area contributed by atoms with Crippen LogP contribution in [0.2, 0.25) is 0 Å². The van der Waals surface area contributed by atoms with Crippen LogP contribution in [-0.2, 0) is 27.3 Å². The number of amides is 2. The standard InChI is InChI=1S/C28H39N3O5/c1-6-35-28(34)26-19(4)24(20(5)30-26)13-14-25(32)31-15-7-8-22(17-31)27(33)29-16-21-9-11-23(12-10-21)36-18(2)3/h9-12,18,22,30H,6-8,13-17H2,1-5H3,(H,29,33)/t22-/m0/s1. The zero-order chi connectivity index (χ0) is 26.2. The third-order valence-corrected chi connectivity index (χ3v) is 6.57. The van der Waals surface area contributed by atoms with Gasteiger partial charge in [0.2, 0.25) is 11.8 Å². The number of hydrogen-bond donors (Lipinski definition) is 2. The van der Waals surface area contributed by atoms with Crippen molar-refractivity contribution in [3.63, 3.8) is 0 Å². The van der Waals surface area contributed by atoms with Crippen molar-refractivity contribution < 1.29 is 23.9 Å². The van der Waals surface area contributed by atoms with E-state index in [1.54, 1.807) is 11.8 Å². The molecule has 0 bridgehead atoms. The number of aromatic amines is 1. The molecule has 1 fully saturated rings. The van der Waals surface area contributed by atoms with Gasteiger partial charge in [-0.25, -0.2) is 4.79 Å². The van der Waals surface area contributed by atoms with E-state index in [1.165, 1.54) is 0 Å². The predicted molar refractivity (Wildman–Crippen MR) is 138 cm³/mol. The van der Waals surface area contributed by atoms with E-state index < -0.39 is 0 Å². The number of carbonyl (C=O) groups excluding carboxylic acids is 3. The monoisotopic (exact) mass is 497 g/mol. The Morgan fingerprint density at radius 2 is 1.89 bits per heavy atom. The van der Waals surface area contributed by atoms with Crippen LogP contribution < -0.4 is 10.1 Å². The predicted octanol–water partition coefficient (Wildman–Crippen LogP) is 4.08. The van der Waals surface area contributed by atoms with Crippen LogP contribution in [0.5, 0.6) is 5.75 Å². The Balaban J connectivity index is 1.50. The number of nitrogens with one attached hydrogen (secondary N) is 2. The number of piperidine rings is 1. The lowest BCUT2D eigenvalue weighted by molar-refractivity contribution is -0.135. The second-order valence-corrected chi connectivity index (χ2v) is 9.66. The van der Waals surface area contributed by atoms with Crippen LogP contribution in [0.4, 0.5) is 0 Å². The first-order chi connectivity index (χ1) is 17.2. The number of hydrogen-bond acceptors (Lipinski definition) is 5. The van der Waals surface area contributed by atoms with Gasteiger partial charge < -0.3 is 24.7 Å². The van der Waals surface area contributed by atoms with Crippen molar-refractivity contribution in [2.45, 2.75) is 73.0 Å². The maximum atomic E-state index is 13.0. The molecular weight excluding hydrogens is 458 g/mol. The minimum absolute atomic E-state index is 0.0218. The average molecular weight is 498 g/mol. The summed E-state index contributed by atoms with van der Waals surface area (Å²) in [5.74, 6) is 0.235. The maximum absolute atomic E-state index is 13.0. The van der Waals surface area contributed by atoms with Crippen molar-refractivity contribution in [3.05, 3.63) is 52.3 Å². The molecule has 2 amide bonds. The zero-order valence-corrected chi connectivity index (χ0v) is 22.1. The number of likely N-dealkylation sites (tertiary alicyclic amines) is 1. The van der Waals surface area contributed by atoms with Crippen LogP contribution in [0.15, 0.2) is 24.3 Å². The van der Waals surface area contributed by atoms with E-state index in [0.717, 1.165) is 41.0 Å². The molecule has 8 nitrogen and oxygen atoms in total. The fraction of sp³-hybridized carbons (Fsp3) is 0.536. The van der Waals surface area contributed by atoms with Crippen LogP contribution in [0.1, 0.15) is 72.9 Å². The molecule has 1 aromatic heterocycles. The number of benzene rings is 1. The van der Waals surface area contributed by atoms with Gasteiger partial charge in [-0.3, -0.25) is 9.59 Å². The van der Waals surface area contributed by atoms with Gasteiger partial charge in [-0.15, -0.1) is 0 Å². The van der Waals surface area contributed by atoms with Gasteiger partial charge in [-0.05, 0) is 82.7 Å². The first-order valence-corrected chi connectivity index (χ1v) is 12.9. The number of esters is 1. The van der Waals surface area contributed by atoms with E-state index in [4.69, 9.17) is 9.47 Å². The SMILES string of the molecule is CCOC(=O)c1[nH]c(C)c(CCC(=O)N2CCC[C@H](C(=O)NCc3ccc(OC(C)C)cc3)C2)c1C. The molecule has 0 spiro atoms. The van der Waals surface area contributed by atoms with Crippen LogP contribution in [0.25, 0.3) is 0 Å². The molecule has 2 heterocycles. The molecule has 2 N–H and O–H groups in total. The third kappa shape index (κ3) is 7.12. The smallest absolute Gasteiger partial charge is 0.355 e. The first kappa shape index (κ1) is 27.3. The van der Waals surface area contributed by atoms with E-state index in [9.17, 15) is 14.4 Å². The molecule has 1 saturated heterocycles. The fourth-order valence-corrected chi connectivity index (χ4v) is 4.67. The number of nitrogens with zero attached hydrogens (tertiary/aromatic N) is 1. The van der Waals surface area contributed by atoms with Crippen LogP contribution in [0.3, 0.4) is 0 Å². The molecule has 1 atom stereocenters. The Labute approximate surface area is 213 Å². The third-order valence-electron chi connectivity index (χ3n) is 6.57. The summed E-state index contributed by atoms with van der Waals surface area (Å²) in [4.78, 5) is 42.8. The molecule has 8 heteroatoms. The Bertz CT molecular complexity index is 1060. The average Bonchev–Trinajstić information content (AvgIpc) is 3.14. The second kappa shape index (κ2) is 12.6. The Morgan fingerprint density at radius 3 is 2.56 bits per heavy atom. The Kier molecular flexibility index (Phi) is 9.56. The maximum Gasteiger partial charge on any atom is 0.355 e. The van der Waals surface area contributed by atoms with Gasteiger partial charge in [0.15, 0.2) is 0 Å². The molecule has 36 heavy (non-hydrogen) atoms. The van der Waals surface area contributed by atoms with Gasteiger partial charge in [-0.1, -0.05) is 12.1 Å². The number of carbonyl (C=O) groups is 3. The highest BCUT2D eigenvalue weighted by Gasteiger charge is 2.28. The van der Waals surface area contributed by atoms with E-state index >= 15 is 0 Å². The van der Waals surface area contributed by atoms with Gasteiger partial charge in [0.05, 0.1) is 18.6 Å². The van der Waals surface area contributed by atoms with Crippen molar-refractivity contribution in [3.8, 4) is 5.75 Å². The lowest BCUT2D eigenvalue weighted by Crippen LogP contribution is -2.45. The van der Waals surface area contributed by atoms with Gasteiger partial charge in [0.25, 0.3) is 0 Å². The zero-order valence-electron chi connectivity index (χ0n) is 22.1. The molecule has 196 valence electrons. The molecule has 0 saturated carbocycles. The highest BCUT2D eigenvalue weighted by molar-refractivity contribution is 5.90. The van der Waals surface area contributed by atoms with Crippen molar-refractivity contribution >= 4 is 17.8 Å². The van der Waals surface area contributed by atoms with Crippen LogP contribution in [-0.4, -0.2) is 53.5 Å². The molecule has 0 unspecified atom stereocenters. The molecule has 2 aromatic rings. The molecule has 0 aliphatic carbocycles. The van der Waals surface area contributed by atoms with Crippen LogP contribution >= 0.6 is 0 Å². The van der Waals surface area contributed by atoms with Gasteiger partial charge >= 0.3 is 5.97 Å². The lowest BCUT2D eigenvalue weighted by Gasteiger charge is -2.32. The summed E-state index contributed by atoms with van der Waals surface area (Å²) in [5.41, 5.74) is 4.14. The fourth-order valence-electron chi connectivity index (χ4n) is 4.67. The summed E-state index contributed by atoms with van der Waals surface area (Å²) >= 11 is 0. The van der Waals surface area contributed by atoms with Gasteiger partial charge in [0, 0.05) is 31.7 Å². The normalized spacial score (nSPS) is 15.6. The van der Waals surface area contributed by atoms with Crippen molar-refractivity contribution in [1.29, 1.82) is 0 Å². The summed E-state index contributed by atoms with van der Waals surface area (Å²) in [5, 5.41) is 3.02. The van der Waals surface area contributed by atoms with Gasteiger partial charge in [-0.2, -0.15) is 0 Å². The summed E-state index contributed by atoms with van der Waals surface area (Å²) in [7, 11) is 0. The summed E-state index contributed by atoms with van der Waals surface area (Å²) < 4.78 is 10.8. The van der Waals surface area contributed by atoms with E-state index in [0.29, 0.717) is 44.8 Å². The largest absolute Gasteiger partial charge is 0.491 e. The minimum atomic E-state index is -0.375. The highest BCUT2D eigenvalue weighted by atomic mass is 16.5. The van der Waals surface area contributed by atoms with Crippen LogP contribution in [0, 0.1) is 19.8 Å². The summed E-state index contributed by atoms with van der Waals surface area (Å²) in [6, 6.07) is 7.72.